The zero-order chi connectivity index (χ0) is 26.6. The number of likely N-dealkylation sites (tertiary alicyclic amines) is 1. The van der Waals surface area contributed by atoms with Crippen molar-refractivity contribution in [1.82, 2.24) is 35.4 Å². The Morgan fingerprint density at radius 1 is 1.11 bits per heavy atom. The molecule has 2 fully saturated rings. The molecular formula is C28H34FN7O2. The van der Waals surface area contributed by atoms with Crippen molar-refractivity contribution < 1.29 is 14.0 Å². The van der Waals surface area contributed by atoms with Crippen LogP contribution in [0.4, 0.5) is 4.39 Å². The number of hydrogen-bond acceptors (Lipinski definition) is 6. The number of halogens is 1. The highest BCUT2D eigenvalue weighted by molar-refractivity contribution is 5.97. The number of nitrogens with one attached hydrogen (secondary N) is 2. The molecule has 2 N–H and O–H groups in total. The van der Waals surface area contributed by atoms with Crippen molar-refractivity contribution in [2.75, 3.05) is 33.7 Å². The van der Waals surface area contributed by atoms with E-state index < -0.39 is 6.04 Å². The van der Waals surface area contributed by atoms with Crippen LogP contribution < -0.4 is 10.6 Å². The fraction of sp³-hybridized carbons (Fsp3) is 0.429. The molecule has 3 atom stereocenters. The van der Waals surface area contributed by atoms with Gasteiger partial charge >= 0.3 is 0 Å². The standard InChI is InChI=1S/C28H34FN7O2/c1-34(2)23-17-35(18-23)28(38)25(4-3-13-30-26-16-24(26)19-5-9-21(29)10-6-19)32-27(37)20-7-11-22(12-8-20)36-15-14-31-33-36/h5-12,14-15,23-26,30H,3-4,13,16-18H2,1-2H3,(H,32,37)/t24-,25-,26+/m0/s1. The number of carbonyl (C=O) groups excluding carboxylic acids is 2. The van der Waals surface area contributed by atoms with Crippen molar-refractivity contribution >= 4 is 11.8 Å². The molecule has 9 nitrogen and oxygen atoms in total. The predicted octanol–water partition coefficient (Wildman–Crippen LogP) is 2.20. The Morgan fingerprint density at radius 3 is 2.50 bits per heavy atom. The number of amides is 2. The summed E-state index contributed by atoms with van der Waals surface area (Å²) in [5.74, 6) is -0.129. The summed E-state index contributed by atoms with van der Waals surface area (Å²) in [6.45, 7) is 2.09. The largest absolute Gasteiger partial charge is 0.340 e. The quantitative estimate of drug-likeness (QED) is 0.377. The van der Waals surface area contributed by atoms with Crippen LogP contribution in [0.5, 0.6) is 0 Å². The van der Waals surface area contributed by atoms with Crippen LogP contribution in [0.25, 0.3) is 5.69 Å². The van der Waals surface area contributed by atoms with Crippen LogP contribution in [-0.2, 0) is 4.79 Å². The van der Waals surface area contributed by atoms with E-state index in [1.54, 1.807) is 41.3 Å². The summed E-state index contributed by atoms with van der Waals surface area (Å²) in [5, 5.41) is 14.3. The molecule has 0 unspecified atom stereocenters. The fourth-order valence-electron chi connectivity index (χ4n) is 4.89. The first-order chi connectivity index (χ1) is 18.4. The van der Waals surface area contributed by atoms with Crippen LogP contribution in [0, 0.1) is 5.82 Å². The van der Waals surface area contributed by atoms with E-state index >= 15 is 0 Å². The number of aromatic nitrogens is 3. The maximum atomic E-state index is 13.3. The van der Waals surface area contributed by atoms with Gasteiger partial charge in [0.15, 0.2) is 0 Å². The van der Waals surface area contributed by atoms with Gasteiger partial charge in [0.2, 0.25) is 5.91 Å². The average molecular weight is 520 g/mol. The number of carbonyl (C=O) groups is 2. The minimum Gasteiger partial charge on any atom is -0.340 e. The van der Waals surface area contributed by atoms with Gasteiger partial charge in [-0.25, -0.2) is 9.07 Å². The van der Waals surface area contributed by atoms with Crippen molar-refractivity contribution in [3.63, 3.8) is 0 Å². The second-order valence-corrected chi connectivity index (χ2v) is 10.4. The van der Waals surface area contributed by atoms with Crippen molar-refractivity contribution in [1.29, 1.82) is 0 Å². The van der Waals surface area contributed by atoms with Crippen LogP contribution in [0.1, 0.15) is 41.1 Å². The Labute approximate surface area is 222 Å². The lowest BCUT2D eigenvalue weighted by atomic mass is 10.0. The summed E-state index contributed by atoms with van der Waals surface area (Å²) in [4.78, 5) is 30.3. The molecule has 200 valence electrons. The lowest BCUT2D eigenvalue weighted by Crippen LogP contribution is -2.63. The number of hydrogen-bond donors (Lipinski definition) is 2. The molecule has 1 aliphatic carbocycles. The smallest absolute Gasteiger partial charge is 0.251 e. The Hall–Kier alpha value is -3.63. The molecule has 2 aromatic carbocycles. The first-order valence-electron chi connectivity index (χ1n) is 13.1. The van der Waals surface area contributed by atoms with Crippen LogP contribution in [-0.4, -0.2) is 88.5 Å². The van der Waals surface area contributed by atoms with E-state index in [2.05, 4.69) is 25.8 Å². The highest BCUT2D eigenvalue weighted by atomic mass is 19.1. The van der Waals surface area contributed by atoms with E-state index in [-0.39, 0.29) is 17.6 Å². The highest BCUT2D eigenvalue weighted by Crippen LogP contribution is 2.40. The molecule has 3 aromatic rings. The molecule has 1 aromatic heterocycles. The number of benzene rings is 2. The molecular weight excluding hydrogens is 485 g/mol. The topological polar surface area (TPSA) is 95.4 Å². The van der Waals surface area contributed by atoms with Crippen molar-refractivity contribution in [2.24, 2.45) is 0 Å². The van der Waals surface area contributed by atoms with Crippen LogP contribution in [0.15, 0.2) is 60.9 Å². The fourth-order valence-corrected chi connectivity index (χ4v) is 4.89. The van der Waals surface area contributed by atoms with Crippen molar-refractivity contribution in [2.45, 2.75) is 43.3 Å². The minimum atomic E-state index is -0.588. The molecule has 10 heteroatoms. The molecule has 38 heavy (non-hydrogen) atoms. The summed E-state index contributed by atoms with van der Waals surface area (Å²) >= 11 is 0. The van der Waals surface area contributed by atoms with Gasteiger partial charge in [-0.05, 0) is 81.9 Å². The molecule has 5 rings (SSSR count). The molecule has 2 heterocycles. The predicted molar refractivity (Wildman–Crippen MR) is 141 cm³/mol. The Bertz CT molecular complexity index is 1230. The third-order valence-electron chi connectivity index (χ3n) is 7.49. The monoisotopic (exact) mass is 519 g/mol. The third kappa shape index (κ3) is 6.08. The summed E-state index contributed by atoms with van der Waals surface area (Å²) < 4.78 is 14.8. The zero-order valence-corrected chi connectivity index (χ0v) is 21.8. The van der Waals surface area contributed by atoms with Crippen LogP contribution in [0.2, 0.25) is 0 Å². The summed E-state index contributed by atoms with van der Waals surface area (Å²) in [6.07, 6.45) is 5.64. The normalized spacial score (nSPS) is 19.7. The van der Waals surface area contributed by atoms with E-state index in [1.165, 1.54) is 12.1 Å². The SMILES string of the molecule is CN(C)C1CN(C(=O)[C@H](CCCN[C@@H]2C[C@H]2c2ccc(F)cc2)NC(=O)c2ccc(-n3ccnn3)cc2)C1. The number of nitrogens with zero attached hydrogens (tertiary/aromatic N) is 5. The summed E-state index contributed by atoms with van der Waals surface area (Å²) in [7, 11) is 4.02. The zero-order valence-electron chi connectivity index (χ0n) is 21.8. The van der Waals surface area contributed by atoms with E-state index in [1.807, 2.05) is 31.1 Å². The molecule has 1 saturated heterocycles. The summed E-state index contributed by atoms with van der Waals surface area (Å²) in [6, 6.07) is 13.9. The molecule has 2 amide bonds. The Kier molecular flexibility index (Phi) is 7.80. The van der Waals surface area contributed by atoms with Crippen molar-refractivity contribution in [3.05, 3.63) is 77.9 Å². The van der Waals surface area contributed by atoms with Gasteiger partial charge in [-0.15, -0.1) is 5.10 Å². The van der Waals surface area contributed by atoms with E-state index in [4.69, 9.17) is 0 Å². The Morgan fingerprint density at radius 2 is 1.84 bits per heavy atom. The lowest BCUT2D eigenvalue weighted by Gasteiger charge is -2.44. The molecule has 1 saturated carbocycles. The maximum Gasteiger partial charge on any atom is 0.251 e. The average Bonchev–Trinajstić information content (AvgIpc) is 3.43. The van der Waals surface area contributed by atoms with Crippen LogP contribution in [0.3, 0.4) is 0 Å². The van der Waals surface area contributed by atoms with Gasteiger partial charge in [-0.3, -0.25) is 9.59 Å². The number of likely N-dealkylation sites (N-methyl/N-ethyl adjacent to an activating group) is 1. The Balaban J connectivity index is 1.15. The number of rotatable bonds is 11. The van der Waals surface area contributed by atoms with Gasteiger partial charge in [-0.1, -0.05) is 17.3 Å². The second-order valence-electron chi connectivity index (χ2n) is 10.4. The molecule has 0 spiro atoms. The third-order valence-corrected chi connectivity index (χ3v) is 7.49. The van der Waals surface area contributed by atoms with Gasteiger partial charge in [0, 0.05) is 36.7 Å². The van der Waals surface area contributed by atoms with Crippen LogP contribution >= 0.6 is 0 Å². The van der Waals surface area contributed by atoms with Gasteiger partial charge in [0.05, 0.1) is 18.1 Å². The van der Waals surface area contributed by atoms with Gasteiger partial charge in [-0.2, -0.15) is 0 Å². The molecule has 2 aliphatic rings. The van der Waals surface area contributed by atoms with E-state index in [0.717, 1.165) is 30.6 Å². The van der Waals surface area contributed by atoms with E-state index in [0.29, 0.717) is 43.1 Å². The molecule has 1 aliphatic heterocycles. The maximum absolute atomic E-state index is 13.3. The lowest BCUT2D eigenvalue weighted by molar-refractivity contribution is -0.140. The van der Waals surface area contributed by atoms with Gasteiger partial charge in [0.25, 0.3) is 5.91 Å². The van der Waals surface area contributed by atoms with Crippen molar-refractivity contribution in [3.8, 4) is 5.69 Å². The summed E-state index contributed by atoms with van der Waals surface area (Å²) in [5.41, 5.74) is 2.43. The van der Waals surface area contributed by atoms with E-state index in [9.17, 15) is 14.0 Å². The molecule has 0 bridgehead atoms. The molecule has 0 radical (unpaired) electrons. The highest BCUT2D eigenvalue weighted by Gasteiger charge is 2.38. The first-order valence-corrected chi connectivity index (χ1v) is 13.1. The van der Waals surface area contributed by atoms with Gasteiger partial charge < -0.3 is 20.4 Å². The second kappa shape index (κ2) is 11.4. The minimum absolute atomic E-state index is 0.0358. The van der Waals surface area contributed by atoms with Gasteiger partial charge in [0.1, 0.15) is 11.9 Å². The first kappa shape index (κ1) is 26.0.